The number of fused-ring (bicyclic) bond motifs is 3. The van der Waals surface area contributed by atoms with Gasteiger partial charge in [0.15, 0.2) is 28.8 Å². The molecule has 0 unspecified atom stereocenters. The molecular weight excluding hydrogens is 997 g/mol. The van der Waals surface area contributed by atoms with Gasteiger partial charge in [0.25, 0.3) is 0 Å². The molecule has 460 valence electrons. The smallest absolute Gasteiger partial charge is 0.161 e. The fraction of sp³-hybridized carbons (Fsp3) is 0.733. The Morgan fingerprint density at radius 2 is 0.531 bits per heavy atom. The highest BCUT2D eigenvalue weighted by Gasteiger charge is 2.23. The minimum atomic E-state index is 0.659. The molecular formula is C75H124O6. The van der Waals surface area contributed by atoms with Crippen LogP contribution in [0.2, 0.25) is 0 Å². The standard InChI is InChI=1S/C75H124O6/c1-7-13-19-25-31-37-43-49-76-70-58-64-55-66-60-72(78-51-45-39-33-27-21-15-9-3)74(80-53-47-41-35-29-23-17-11-5)62-68(66)57-69-63-75(81-54-48-42-36-30-24-18-12-6)73(79-52-46-40-34-28-22-16-10-4)61-67(69)56-65(64)59-71(70)77-50-44-38-32-26-20-14-8-2/h55-62H,7-54,63H2,1-6H3/b64-55-,65-56-,69-57-. The Hall–Kier alpha value is -3.80. The van der Waals surface area contributed by atoms with Gasteiger partial charge in [-0.05, 0) is 120 Å². The highest BCUT2D eigenvalue weighted by atomic mass is 16.5. The first-order chi connectivity index (χ1) is 40.0. The number of unbranched alkanes of at least 4 members (excludes halogenated alkanes) is 36. The van der Waals surface area contributed by atoms with Crippen LogP contribution in [-0.4, -0.2) is 39.6 Å². The number of ether oxygens (including phenoxy) is 6. The molecule has 0 aromatic heterocycles. The van der Waals surface area contributed by atoms with Gasteiger partial charge < -0.3 is 28.4 Å². The van der Waals surface area contributed by atoms with Crippen LogP contribution < -0.4 is 29.4 Å². The number of allylic oxidation sites excluding steroid dienone is 3. The van der Waals surface area contributed by atoms with E-state index in [0.717, 1.165) is 100 Å². The lowest BCUT2D eigenvalue weighted by atomic mass is 9.92. The van der Waals surface area contributed by atoms with Crippen molar-refractivity contribution < 1.29 is 28.4 Å². The third-order valence-electron chi connectivity index (χ3n) is 16.6. The highest BCUT2D eigenvalue weighted by Crippen LogP contribution is 2.38. The largest absolute Gasteiger partial charge is 0.494 e. The number of hydrogen-bond acceptors (Lipinski definition) is 6. The third kappa shape index (κ3) is 31.1. The lowest BCUT2D eigenvalue weighted by molar-refractivity contribution is 0.150. The lowest BCUT2D eigenvalue weighted by Crippen LogP contribution is -2.26. The van der Waals surface area contributed by atoms with E-state index in [-0.39, 0.29) is 0 Å². The van der Waals surface area contributed by atoms with E-state index in [0.29, 0.717) is 46.1 Å². The number of rotatable bonds is 54. The van der Waals surface area contributed by atoms with Crippen LogP contribution in [0.3, 0.4) is 0 Å². The van der Waals surface area contributed by atoms with Crippen molar-refractivity contribution in [3.8, 4) is 23.0 Å². The van der Waals surface area contributed by atoms with Gasteiger partial charge in [0.05, 0.1) is 39.6 Å². The molecule has 0 heterocycles. The lowest BCUT2D eigenvalue weighted by Gasteiger charge is -2.23. The zero-order valence-corrected chi connectivity index (χ0v) is 53.7. The third-order valence-corrected chi connectivity index (χ3v) is 16.6. The molecule has 4 rings (SSSR count). The second-order valence-corrected chi connectivity index (χ2v) is 24.2. The number of benzene rings is 2. The van der Waals surface area contributed by atoms with Gasteiger partial charge in [0.2, 0.25) is 0 Å². The quantitative estimate of drug-likeness (QED) is 0.0615. The SMILES string of the molecule is CCCCCCCCCOC1=C(OCCCCCCCCC)C/C2=C/c3cc(OCCCCCCCCC)c(OCCCCCCCCC)cc3/C=c3/cc(OCCCCCCCCC)c(OCCCCCCCCC)c/c3=C/C2=C1. The second-order valence-electron chi connectivity index (χ2n) is 24.2. The molecule has 0 bridgehead atoms. The van der Waals surface area contributed by atoms with E-state index in [9.17, 15) is 0 Å². The van der Waals surface area contributed by atoms with Crippen LogP contribution in [0.4, 0.5) is 0 Å². The summed E-state index contributed by atoms with van der Waals surface area (Å²) in [6, 6.07) is 9.07. The molecule has 0 radical (unpaired) electrons. The molecule has 6 heteroatoms. The normalized spacial score (nSPS) is 14.4. The maximum absolute atomic E-state index is 6.87. The summed E-state index contributed by atoms with van der Waals surface area (Å²) in [5, 5.41) is 2.22. The molecule has 0 aliphatic heterocycles. The Balaban J connectivity index is 1.82. The molecule has 0 saturated carbocycles. The Morgan fingerprint density at radius 1 is 0.259 bits per heavy atom. The molecule has 0 saturated heterocycles. The van der Waals surface area contributed by atoms with Gasteiger partial charge in [-0.2, -0.15) is 0 Å². The molecule has 81 heavy (non-hydrogen) atoms. The van der Waals surface area contributed by atoms with Crippen LogP contribution in [-0.2, 0) is 9.47 Å². The maximum Gasteiger partial charge on any atom is 0.161 e. The fourth-order valence-corrected chi connectivity index (χ4v) is 11.3. The van der Waals surface area contributed by atoms with Crippen molar-refractivity contribution in [1.29, 1.82) is 0 Å². The van der Waals surface area contributed by atoms with Crippen molar-refractivity contribution in [3.05, 3.63) is 74.6 Å². The average Bonchev–Trinajstić information content (AvgIpc) is 3.78. The van der Waals surface area contributed by atoms with Crippen LogP contribution in [0, 0.1) is 0 Å². The van der Waals surface area contributed by atoms with E-state index < -0.39 is 0 Å². The van der Waals surface area contributed by atoms with Crippen LogP contribution >= 0.6 is 0 Å². The Morgan fingerprint density at radius 3 is 0.877 bits per heavy atom. The summed E-state index contributed by atoms with van der Waals surface area (Å²) in [6.45, 7) is 17.9. The van der Waals surface area contributed by atoms with Crippen LogP contribution in [0.5, 0.6) is 23.0 Å². The highest BCUT2D eigenvalue weighted by molar-refractivity contribution is 5.78. The van der Waals surface area contributed by atoms with Gasteiger partial charge >= 0.3 is 0 Å². The minimum Gasteiger partial charge on any atom is -0.494 e. The zero-order chi connectivity index (χ0) is 57.5. The summed E-state index contributed by atoms with van der Waals surface area (Å²) in [6.07, 6.45) is 62.5. The van der Waals surface area contributed by atoms with Crippen molar-refractivity contribution >= 4 is 18.2 Å². The summed E-state index contributed by atoms with van der Waals surface area (Å²) in [5.41, 5.74) is 4.60. The van der Waals surface area contributed by atoms with E-state index in [1.165, 1.54) is 237 Å². The zero-order valence-electron chi connectivity index (χ0n) is 53.7. The monoisotopic (exact) mass is 1120 g/mol. The number of hydrogen-bond donors (Lipinski definition) is 0. The van der Waals surface area contributed by atoms with E-state index >= 15 is 0 Å². The summed E-state index contributed by atoms with van der Waals surface area (Å²) in [7, 11) is 0. The molecule has 2 aliphatic carbocycles. The maximum atomic E-state index is 6.87. The molecule has 2 aliphatic rings. The molecule has 2 aromatic carbocycles. The molecule has 2 aromatic rings. The Kier molecular flexibility index (Phi) is 40.9. The van der Waals surface area contributed by atoms with E-state index in [1.54, 1.807) is 0 Å². The fourth-order valence-electron chi connectivity index (χ4n) is 11.3. The molecule has 0 N–H and O–H groups in total. The van der Waals surface area contributed by atoms with Gasteiger partial charge in [0.1, 0.15) is 5.76 Å². The van der Waals surface area contributed by atoms with Crippen molar-refractivity contribution in [2.75, 3.05) is 39.6 Å². The molecule has 6 nitrogen and oxygen atoms in total. The summed E-state index contributed by atoms with van der Waals surface area (Å²) >= 11 is 0. The topological polar surface area (TPSA) is 55.4 Å². The Labute approximate surface area is 499 Å². The predicted octanol–water partition coefficient (Wildman–Crippen LogP) is 22.3. The first kappa shape index (κ1) is 69.7. The van der Waals surface area contributed by atoms with Gasteiger partial charge in [-0.15, -0.1) is 0 Å². The van der Waals surface area contributed by atoms with Gasteiger partial charge in [-0.1, -0.05) is 273 Å². The summed E-state index contributed by atoms with van der Waals surface area (Å²) in [4.78, 5) is 0. The first-order valence-corrected chi connectivity index (χ1v) is 35.0. The van der Waals surface area contributed by atoms with Crippen molar-refractivity contribution in [3.63, 3.8) is 0 Å². The van der Waals surface area contributed by atoms with Gasteiger partial charge in [-0.25, -0.2) is 0 Å². The summed E-state index contributed by atoms with van der Waals surface area (Å²) in [5.74, 6) is 5.20. The van der Waals surface area contributed by atoms with E-state index in [1.807, 2.05) is 0 Å². The molecule has 0 fully saturated rings. The average molecular weight is 1120 g/mol. The van der Waals surface area contributed by atoms with Crippen LogP contribution in [0.15, 0.2) is 53.0 Å². The van der Waals surface area contributed by atoms with Crippen molar-refractivity contribution in [2.45, 2.75) is 318 Å². The van der Waals surface area contributed by atoms with Crippen LogP contribution in [0.1, 0.15) is 329 Å². The van der Waals surface area contributed by atoms with Gasteiger partial charge in [0, 0.05) is 6.42 Å². The van der Waals surface area contributed by atoms with E-state index in [2.05, 4.69) is 90.1 Å². The van der Waals surface area contributed by atoms with Gasteiger partial charge in [-0.3, -0.25) is 0 Å². The predicted molar refractivity (Wildman–Crippen MR) is 350 cm³/mol. The van der Waals surface area contributed by atoms with Crippen molar-refractivity contribution in [2.24, 2.45) is 0 Å². The minimum absolute atomic E-state index is 0.659. The first-order valence-electron chi connectivity index (χ1n) is 35.0. The van der Waals surface area contributed by atoms with E-state index in [4.69, 9.17) is 28.4 Å². The summed E-state index contributed by atoms with van der Waals surface area (Å²) < 4.78 is 41.0. The molecule has 0 amide bonds. The van der Waals surface area contributed by atoms with Crippen LogP contribution in [0.25, 0.3) is 18.2 Å². The molecule has 0 spiro atoms. The second kappa shape index (κ2) is 47.5. The molecule has 0 atom stereocenters. The Bertz CT molecular complexity index is 2110. The van der Waals surface area contributed by atoms with Crippen molar-refractivity contribution in [1.82, 2.24) is 0 Å².